The largest absolute Gasteiger partial charge is 0.356 e. The van der Waals surface area contributed by atoms with Crippen LogP contribution in [0.25, 0.3) is 0 Å². The molecule has 1 aromatic carbocycles. The van der Waals surface area contributed by atoms with Gasteiger partial charge in [0.25, 0.3) is 0 Å². The van der Waals surface area contributed by atoms with Crippen molar-refractivity contribution in [2.45, 2.75) is 32.2 Å². The maximum atomic E-state index is 11.5. The van der Waals surface area contributed by atoms with Crippen LogP contribution in [0, 0.1) is 0 Å². The van der Waals surface area contributed by atoms with E-state index < -0.39 is 0 Å². The quantitative estimate of drug-likeness (QED) is 0.548. The zero-order valence-corrected chi connectivity index (χ0v) is 18.4. The minimum Gasteiger partial charge on any atom is -0.356 e. The summed E-state index contributed by atoms with van der Waals surface area (Å²) in [5.41, 5.74) is 6.80. The molecule has 1 aliphatic heterocycles. The van der Waals surface area contributed by atoms with Crippen molar-refractivity contribution in [2.24, 2.45) is 5.73 Å². The highest BCUT2D eigenvalue weighted by Crippen LogP contribution is 2.09. The van der Waals surface area contributed by atoms with E-state index in [-0.39, 0.29) is 43.1 Å². The van der Waals surface area contributed by atoms with Gasteiger partial charge >= 0.3 is 0 Å². The molecule has 158 valence electrons. The number of hydrogen-bond acceptors (Lipinski definition) is 4. The van der Waals surface area contributed by atoms with Crippen molar-refractivity contribution in [3.63, 3.8) is 0 Å². The molecule has 0 spiro atoms. The Balaban J connectivity index is 0. The molecular formula is C19H35Cl3N4O. The number of halogens is 3. The summed E-state index contributed by atoms with van der Waals surface area (Å²) in [5, 5.41) is 2.97. The number of piperazine rings is 1. The van der Waals surface area contributed by atoms with E-state index in [2.05, 4.69) is 45.4 Å². The predicted molar refractivity (Wildman–Crippen MR) is 120 cm³/mol. The molecule has 0 bridgehead atoms. The Hall–Kier alpha value is -0.560. The molecule has 27 heavy (non-hydrogen) atoms. The van der Waals surface area contributed by atoms with Crippen molar-refractivity contribution in [1.29, 1.82) is 0 Å². The Morgan fingerprint density at radius 2 is 1.56 bits per heavy atom. The summed E-state index contributed by atoms with van der Waals surface area (Å²) in [4.78, 5) is 16.5. The predicted octanol–water partition coefficient (Wildman–Crippen LogP) is 2.70. The third-order valence-corrected chi connectivity index (χ3v) is 4.55. The molecular weight excluding hydrogens is 407 g/mol. The first-order valence-electron chi connectivity index (χ1n) is 9.23. The van der Waals surface area contributed by atoms with E-state index in [0.29, 0.717) is 13.0 Å². The van der Waals surface area contributed by atoms with Crippen molar-refractivity contribution < 1.29 is 4.79 Å². The van der Waals surface area contributed by atoms with Gasteiger partial charge in [-0.25, -0.2) is 0 Å². The highest BCUT2D eigenvalue weighted by Gasteiger charge is 2.16. The van der Waals surface area contributed by atoms with Crippen LogP contribution in [0.2, 0.25) is 0 Å². The van der Waals surface area contributed by atoms with Gasteiger partial charge < -0.3 is 16.0 Å². The molecule has 5 nitrogen and oxygen atoms in total. The first-order chi connectivity index (χ1) is 11.8. The van der Waals surface area contributed by atoms with Crippen molar-refractivity contribution in [3.05, 3.63) is 35.9 Å². The smallest absolute Gasteiger partial charge is 0.220 e. The van der Waals surface area contributed by atoms with Crippen LogP contribution in [-0.4, -0.2) is 61.5 Å². The standard InChI is InChI=1S/C19H32N4O.3ClH/c20-10-6-9-19(24)21-11-4-5-12-22-13-15-23(16-14-22)17-18-7-2-1-3-8-18;;;/h1-3,7-8H,4-6,9-17,20H2,(H,21,24);3*1H. The Bertz CT molecular complexity index is 471. The molecule has 1 amide bonds. The SMILES string of the molecule is Cl.Cl.Cl.NCCCC(=O)NCCCCN1CCN(Cc2ccccc2)CC1. The van der Waals surface area contributed by atoms with Crippen LogP contribution >= 0.6 is 37.2 Å². The molecule has 1 aromatic rings. The summed E-state index contributed by atoms with van der Waals surface area (Å²) in [6.45, 7) is 8.16. The number of hydrogen-bond donors (Lipinski definition) is 2. The third-order valence-electron chi connectivity index (χ3n) is 4.55. The van der Waals surface area contributed by atoms with Crippen LogP contribution in [0.15, 0.2) is 30.3 Å². The molecule has 0 unspecified atom stereocenters. The minimum absolute atomic E-state index is 0. The molecule has 0 aromatic heterocycles. The van der Waals surface area contributed by atoms with Gasteiger partial charge in [-0.05, 0) is 37.9 Å². The summed E-state index contributed by atoms with van der Waals surface area (Å²) in [7, 11) is 0. The van der Waals surface area contributed by atoms with E-state index in [1.54, 1.807) is 0 Å². The molecule has 1 fully saturated rings. The van der Waals surface area contributed by atoms with Crippen LogP contribution in [0.3, 0.4) is 0 Å². The molecule has 1 saturated heterocycles. The number of nitrogens with two attached hydrogens (primary N) is 1. The summed E-state index contributed by atoms with van der Waals surface area (Å²) < 4.78 is 0. The Kier molecular flexibility index (Phi) is 18.6. The molecule has 0 radical (unpaired) electrons. The van der Waals surface area contributed by atoms with Crippen molar-refractivity contribution >= 4 is 43.1 Å². The van der Waals surface area contributed by atoms with Crippen LogP contribution < -0.4 is 11.1 Å². The number of nitrogens with one attached hydrogen (secondary N) is 1. The molecule has 2 rings (SSSR count). The molecule has 0 saturated carbocycles. The van der Waals surface area contributed by atoms with E-state index in [4.69, 9.17) is 5.73 Å². The van der Waals surface area contributed by atoms with Crippen LogP contribution in [0.4, 0.5) is 0 Å². The van der Waals surface area contributed by atoms with Crippen molar-refractivity contribution in [2.75, 3.05) is 45.8 Å². The van der Waals surface area contributed by atoms with Gasteiger partial charge in [0.1, 0.15) is 0 Å². The van der Waals surface area contributed by atoms with E-state index in [0.717, 1.165) is 65.1 Å². The highest BCUT2D eigenvalue weighted by molar-refractivity contribution is 5.86. The molecule has 1 heterocycles. The van der Waals surface area contributed by atoms with Gasteiger partial charge in [0.05, 0.1) is 0 Å². The Morgan fingerprint density at radius 1 is 0.926 bits per heavy atom. The van der Waals surface area contributed by atoms with E-state index in [1.807, 2.05) is 0 Å². The van der Waals surface area contributed by atoms with Crippen molar-refractivity contribution in [3.8, 4) is 0 Å². The summed E-state index contributed by atoms with van der Waals surface area (Å²) in [6, 6.07) is 10.7. The minimum atomic E-state index is 0. The van der Waals surface area contributed by atoms with Gasteiger partial charge in [0.15, 0.2) is 0 Å². The average molecular weight is 442 g/mol. The van der Waals surface area contributed by atoms with E-state index in [9.17, 15) is 4.79 Å². The Morgan fingerprint density at radius 3 is 2.19 bits per heavy atom. The molecule has 0 atom stereocenters. The van der Waals surface area contributed by atoms with Gasteiger partial charge in [-0.3, -0.25) is 9.69 Å². The van der Waals surface area contributed by atoms with Crippen LogP contribution in [-0.2, 0) is 11.3 Å². The normalized spacial score (nSPS) is 14.4. The molecule has 8 heteroatoms. The van der Waals surface area contributed by atoms with Crippen LogP contribution in [0.1, 0.15) is 31.2 Å². The first-order valence-corrected chi connectivity index (χ1v) is 9.23. The fourth-order valence-corrected chi connectivity index (χ4v) is 3.05. The molecule has 1 aliphatic rings. The van der Waals surface area contributed by atoms with Gasteiger partial charge in [-0.1, -0.05) is 30.3 Å². The first kappa shape index (κ1) is 28.6. The van der Waals surface area contributed by atoms with Gasteiger partial charge in [-0.15, -0.1) is 37.2 Å². The number of nitrogens with zero attached hydrogens (tertiary/aromatic N) is 2. The monoisotopic (exact) mass is 440 g/mol. The van der Waals surface area contributed by atoms with E-state index in [1.165, 1.54) is 5.56 Å². The number of unbranched alkanes of at least 4 members (excludes halogenated alkanes) is 1. The summed E-state index contributed by atoms with van der Waals surface area (Å²) in [6.07, 6.45) is 3.54. The Labute approximate surface area is 182 Å². The zero-order valence-electron chi connectivity index (χ0n) is 16.0. The highest BCUT2D eigenvalue weighted by atomic mass is 35.5. The van der Waals surface area contributed by atoms with Crippen LogP contribution in [0.5, 0.6) is 0 Å². The second kappa shape index (κ2) is 17.5. The number of carbonyl (C=O) groups is 1. The number of amides is 1. The molecule has 0 aliphatic carbocycles. The number of carbonyl (C=O) groups excluding carboxylic acids is 1. The third kappa shape index (κ3) is 12.5. The second-order valence-corrected chi connectivity index (χ2v) is 6.55. The van der Waals surface area contributed by atoms with Gasteiger partial charge in [0.2, 0.25) is 5.91 Å². The second-order valence-electron chi connectivity index (χ2n) is 6.55. The summed E-state index contributed by atoms with van der Waals surface area (Å²) in [5.74, 6) is 0.134. The fourth-order valence-electron chi connectivity index (χ4n) is 3.05. The lowest BCUT2D eigenvalue weighted by molar-refractivity contribution is -0.121. The fraction of sp³-hybridized carbons (Fsp3) is 0.632. The average Bonchev–Trinajstić information content (AvgIpc) is 2.62. The maximum absolute atomic E-state index is 11.5. The van der Waals surface area contributed by atoms with E-state index >= 15 is 0 Å². The molecule has 3 N–H and O–H groups in total. The lowest BCUT2D eigenvalue weighted by atomic mass is 10.2. The van der Waals surface area contributed by atoms with Crippen molar-refractivity contribution in [1.82, 2.24) is 15.1 Å². The number of rotatable bonds is 10. The lowest BCUT2D eigenvalue weighted by Gasteiger charge is -2.34. The van der Waals surface area contributed by atoms with Gasteiger partial charge in [-0.2, -0.15) is 0 Å². The zero-order chi connectivity index (χ0) is 17.0. The van der Waals surface area contributed by atoms with Gasteiger partial charge in [0, 0.05) is 45.7 Å². The topological polar surface area (TPSA) is 61.6 Å². The maximum Gasteiger partial charge on any atom is 0.220 e. The lowest BCUT2D eigenvalue weighted by Crippen LogP contribution is -2.46. The summed E-state index contributed by atoms with van der Waals surface area (Å²) >= 11 is 0. The number of benzene rings is 1.